The topological polar surface area (TPSA) is 23.6 Å². The summed E-state index contributed by atoms with van der Waals surface area (Å²) >= 11 is 18.8. The molecule has 3 aromatic rings. The van der Waals surface area contributed by atoms with Crippen LogP contribution in [-0.4, -0.2) is 30.4 Å². The molecule has 0 aromatic heterocycles. The highest BCUT2D eigenvalue weighted by Gasteiger charge is 2.31. The highest BCUT2D eigenvalue weighted by atomic mass is 35.5. The van der Waals surface area contributed by atoms with Gasteiger partial charge in [-0.25, -0.2) is 0 Å². The second kappa shape index (κ2) is 9.99. The number of hydrogen-bond acceptors (Lipinski definition) is 2. The van der Waals surface area contributed by atoms with Crippen molar-refractivity contribution in [3.8, 4) is 0 Å². The van der Waals surface area contributed by atoms with Crippen molar-refractivity contribution in [2.45, 2.75) is 13.0 Å². The number of aryl methyl sites for hydroxylation is 1. The molecule has 3 nitrogen and oxygen atoms in total. The molecule has 6 heteroatoms. The van der Waals surface area contributed by atoms with Gasteiger partial charge in [-0.2, -0.15) is 0 Å². The largest absolute Gasteiger partial charge is 0.360 e. The Morgan fingerprint density at radius 3 is 2.44 bits per heavy atom. The smallest absolute Gasteiger partial charge is 0.246 e. The summed E-state index contributed by atoms with van der Waals surface area (Å²) in [7, 11) is 0. The number of benzene rings is 3. The highest BCUT2D eigenvalue weighted by molar-refractivity contribution is 6.33. The molecule has 0 saturated carbocycles. The summed E-state index contributed by atoms with van der Waals surface area (Å²) in [4.78, 5) is 17.1. The van der Waals surface area contributed by atoms with E-state index in [-0.39, 0.29) is 11.9 Å². The monoisotopic (exact) mass is 484 g/mol. The quantitative estimate of drug-likeness (QED) is 0.369. The second-order valence-electron chi connectivity index (χ2n) is 7.89. The number of halogens is 3. The third kappa shape index (κ3) is 5.29. The summed E-state index contributed by atoms with van der Waals surface area (Å²) in [6, 6.07) is 21.3. The molecule has 1 fully saturated rings. The van der Waals surface area contributed by atoms with E-state index in [0.29, 0.717) is 34.7 Å². The molecule has 1 unspecified atom stereocenters. The van der Waals surface area contributed by atoms with Gasteiger partial charge in [0.1, 0.15) is 0 Å². The molecule has 0 spiro atoms. The van der Waals surface area contributed by atoms with Crippen LogP contribution in [0.5, 0.6) is 0 Å². The van der Waals surface area contributed by atoms with Crippen LogP contribution in [0.2, 0.25) is 15.1 Å². The van der Waals surface area contributed by atoms with Crippen LogP contribution < -0.4 is 4.90 Å². The maximum atomic E-state index is 13.0. The number of nitrogens with zero attached hydrogens (tertiary/aromatic N) is 2. The Kier molecular flexibility index (Phi) is 7.10. The summed E-state index contributed by atoms with van der Waals surface area (Å²) in [5.41, 5.74) is 4.06. The van der Waals surface area contributed by atoms with Gasteiger partial charge >= 0.3 is 0 Å². The standard InChI is InChI=1S/C26H23Cl3N2O/c1-18-5-11-24(23(29)15-18)31-14-13-30(17-25(31)20-7-9-21(27)10-8-20)26(32)12-6-19-3-2-4-22(28)16-19/h2-12,15-16,25H,13-14,17H2,1H3/b12-6+. The Morgan fingerprint density at radius 2 is 1.72 bits per heavy atom. The van der Waals surface area contributed by atoms with Crippen LogP contribution in [0.1, 0.15) is 22.7 Å². The van der Waals surface area contributed by atoms with Crippen molar-refractivity contribution in [1.29, 1.82) is 0 Å². The summed E-state index contributed by atoms with van der Waals surface area (Å²) in [5.74, 6) is -0.0291. The van der Waals surface area contributed by atoms with Crippen LogP contribution in [0, 0.1) is 6.92 Å². The van der Waals surface area contributed by atoms with Crippen molar-refractivity contribution in [3.63, 3.8) is 0 Å². The van der Waals surface area contributed by atoms with Crippen LogP contribution in [0.25, 0.3) is 6.08 Å². The van der Waals surface area contributed by atoms with Crippen LogP contribution >= 0.6 is 34.8 Å². The normalized spacial score (nSPS) is 16.6. The van der Waals surface area contributed by atoms with E-state index in [4.69, 9.17) is 34.8 Å². The second-order valence-corrected chi connectivity index (χ2v) is 9.17. The van der Waals surface area contributed by atoms with Gasteiger partial charge in [0.05, 0.1) is 16.8 Å². The molecule has 0 aliphatic carbocycles. The molecule has 0 radical (unpaired) electrons. The molecular weight excluding hydrogens is 463 g/mol. The van der Waals surface area contributed by atoms with E-state index < -0.39 is 0 Å². The fourth-order valence-corrected chi connectivity index (χ4v) is 4.64. The molecule has 1 saturated heterocycles. The van der Waals surface area contributed by atoms with Gasteiger partial charge in [0.2, 0.25) is 5.91 Å². The maximum absolute atomic E-state index is 13.0. The number of amides is 1. The lowest BCUT2D eigenvalue weighted by atomic mass is 10.0. The van der Waals surface area contributed by atoms with Crippen molar-refractivity contribution < 1.29 is 4.79 Å². The summed E-state index contributed by atoms with van der Waals surface area (Å²) < 4.78 is 0. The average molecular weight is 486 g/mol. The Balaban J connectivity index is 1.59. The zero-order chi connectivity index (χ0) is 22.7. The Bertz CT molecular complexity index is 1140. The lowest BCUT2D eigenvalue weighted by molar-refractivity contribution is -0.126. The fourth-order valence-electron chi connectivity index (χ4n) is 3.97. The molecule has 0 N–H and O–H groups in total. The predicted molar refractivity (Wildman–Crippen MR) is 135 cm³/mol. The molecular formula is C26H23Cl3N2O. The summed E-state index contributed by atoms with van der Waals surface area (Å²) in [6.45, 7) is 3.85. The zero-order valence-corrected chi connectivity index (χ0v) is 19.9. The van der Waals surface area contributed by atoms with Crippen molar-refractivity contribution in [1.82, 2.24) is 4.90 Å². The molecule has 32 heavy (non-hydrogen) atoms. The third-order valence-electron chi connectivity index (χ3n) is 5.63. The van der Waals surface area contributed by atoms with Gasteiger partial charge in [-0.15, -0.1) is 0 Å². The zero-order valence-electron chi connectivity index (χ0n) is 17.6. The molecule has 1 amide bonds. The van der Waals surface area contributed by atoms with Crippen LogP contribution in [0.3, 0.4) is 0 Å². The number of carbonyl (C=O) groups is 1. The van der Waals surface area contributed by atoms with Crippen LogP contribution in [0.15, 0.2) is 72.8 Å². The van der Waals surface area contributed by atoms with E-state index in [1.807, 2.05) is 66.4 Å². The molecule has 0 bridgehead atoms. The average Bonchev–Trinajstić information content (AvgIpc) is 2.78. The first-order valence-electron chi connectivity index (χ1n) is 10.4. The van der Waals surface area contributed by atoms with Crippen LogP contribution in [-0.2, 0) is 4.79 Å². The molecule has 1 aliphatic rings. The minimum Gasteiger partial charge on any atom is -0.360 e. The van der Waals surface area contributed by atoms with Crippen molar-refractivity contribution >= 4 is 52.5 Å². The first-order valence-corrected chi connectivity index (χ1v) is 11.5. The van der Waals surface area contributed by atoms with E-state index in [2.05, 4.69) is 17.0 Å². The molecule has 1 aliphatic heterocycles. The lowest BCUT2D eigenvalue weighted by Gasteiger charge is -2.43. The first kappa shape index (κ1) is 22.7. The van der Waals surface area contributed by atoms with E-state index in [1.54, 1.807) is 12.2 Å². The molecule has 3 aromatic carbocycles. The Morgan fingerprint density at radius 1 is 0.938 bits per heavy atom. The van der Waals surface area contributed by atoms with Gasteiger partial charge in [-0.3, -0.25) is 4.79 Å². The molecule has 1 atom stereocenters. The van der Waals surface area contributed by atoms with E-state index in [1.165, 1.54) is 0 Å². The maximum Gasteiger partial charge on any atom is 0.246 e. The fraction of sp³-hybridized carbons (Fsp3) is 0.192. The van der Waals surface area contributed by atoms with Crippen molar-refractivity contribution in [3.05, 3.63) is 105 Å². The third-order valence-corrected chi connectivity index (χ3v) is 6.42. The minimum atomic E-state index is -0.0373. The summed E-state index contributed by atoms with van der Waals surface area (Å²) in [5, 5.41) is 2.04. The lowest BCUT2D eigenvalue weighted by Crippen LogP contribution is -2.50. The van der Waals surface area contributed by atoms with Gasteiger partial charge < -0.3 is 9.80 Å². The number of hydrogen-bond donors (Lipinski definition) is 0. The number of piperazine rings is 1. The molecule has 1 heterocycles. The highest BCUT2D eigenvalue weighted by Crippen LogP contribution is 2.36. The number of anilines is 1. The van der Waals surface area contributed by atoms with Crippen molar-refractivity contribution in [2.75, 3.05) is 24.5 Å². The van der Waals surface area contributed by atoms with E-state index in [0.717, 1.165) is 22.4 Å². The van der Waals surface area contributed by atoms with Crippen LogP contribution in [0.4, 0.5) is 5.69 Å². The van der Waals surface area contributed by atoms with Gasteiger partial charge in [0.25, 0.3) is 0 Å². The molecule has 4 rings (SSSR count). The minimum absolute atomic E-state index is 0.0291. The van der Waals surface area contributed by atoms with Gasteiger partial charge in [0, 0.05) is 35.8 Å². The summed E-state index contributed by atoms with van der Waals surface area (Å²) in [6.07, 6.45) is 3.41. The molecule has 164 valence electrons. The van der Waals surface area contributed by atoms with E-state index in [9.17, 15) is 4.79 Å². The first-order chi connectivity index (χ1) is 15.4. The Hall–Kier alpha value is -2.46. The van der Waals surface area contributed by atoms with Crippen molar-refractivity contribution in [2.24, 2.45) is 0 Å². The number of carbonyl (C=O) groups excluding carboxylic acids is 1. The number of rotatable bonds is 4. The predicted octanol–water partition coefficient (Wildman–Crippen LogP) is 7.06. The Labute approximate surface area is 203 Å². The van der Waals surface area contributed by atoms with Gasteiger partial charge in [-0.05, 0) is 66.1 Å². The van der Waals surface area contributed by atoms with E-state index >= 15 is 0 Å². The SMILES string of the molecule is Cc1ccc(N2CCN(C(=O)/C=C/c3cccc(Cl)c3)CC2c2ccc(Cl)cc2)c(Cl)c1. The van der Waals surface area contributed by atoms with Gasteiger partial charge in [-0.1, -0.05) is 65.1 Å². The van der Waals surface area contributed by atoms with Gasteiger partial charge in [0.15, 0.2) is 0 Å².